The van der Waals surface area contributed by atoms with E-state index in [9.17, 15) is 27.9 Å². The minimum absolute atomic E-state index is 0.00306. The number of ether oxygens (including phenoxy) is 2. The Morgan fingerprint density at radius 1 is 1.03 bits per heavy atom. The van der Waals surface area contributed by atoms with Crippen molar-refractivity contribution in [2.24, 2.45) is 11.7 Å². The van der Waals surface area contributed by atoms with Crippen LogP contribution in [0.3, 0.4) is 0 Å². The van der Waals surface area contributed by atoms with Crippen LogP contribution in [0.25, 0.3) is 5.70 Å². The van der Waals surface area contributed by atoms with Crippen molar-refractivity contribution in [3.8, 4) is 5.75 Å². The first-order chi connectivity index (χ1) is 18.1. The summed E-state index contributed by atoms with van der Waals surface area (Å²) in [7, 11) is 0. The third-order valence-electron chi connectivity index (χ3n) is 7.34. The molecular formula is C27H28F3N3O5. The fraction of sp³-hybridized carbons (Fsp3) is 0.444. The monoisotopic (exact) mass is 531 g/mol. The number of carboxylic acid groups (broad SMARTS) is 1. The van der Waals surface area contributed by atoms with E-state index in [0.717, 1.165) is 18.9 Å². The van der Waals surface area contributed by atoms with Gasteiger partial charge < -0.3 is 25.2 Å². The Kier molecular flexibility index (Phi) is 7.04. The number of carbonyl (C=O) groups is 2. The van der Waals surface area contributed by atoms with E-state index in [1.165, 1.54) is 24.3 Å². The maximum atomic E-state index is 13.1. The molecule has 2 aromatic rings. The van der Waals surface area contributed by atoms with Crippen molar-refractivity contribution in [3.63, 3.8) is 0 Å². The molecule has 1 aliphatic carbocycles. The Balaban J connectivity index is 1.33. The van der Waals surface area contributed by atoms with Crippen LogP contribution in [0, 0.1) is 5.92 Å². The van der Waals surface area contributed by atoms with Gasteiger partial charge in [0.2, 0.25) is 0 Å². The number of carboxylic acids is 1. The number of carbonyl (C=O) groups excluding carboxylic acids is 1. The van der Waals surface area contributed by atoms with Gasteiger partial charge in [-0.1, -0.05) is 18.2 Å². The molecule has 1 aromatic heterocycles. The third kappa shape index (κ3) is 5.62. The molecule has 38 heavy (non-hydrogen) atoms. The van der Waals surface area contributed by atoms with Gasteiger partial charge in [-0.25, -0.2) is 9.78 Å². The highest BCUT2D eigenvalue weighted by molar-refractivity contribution is 6.05. The van der Waals surface area contributed by atoms with Crippen LogP contribution in [0.5, 0.6) is 5.75 Å². The average molecular weight is 532 g/mol. The fourth-order valence-corrected chi connectivity index (χ4v) is 5.46. The van der Waals surface area contributed by atoms with Crippen LogP contribution in [-0.4, -0.2) is 53.0 Å². The van der Waals surface area contributed by atoms with E-state index < -0.39 is 18.1 Å². The quantitative estimate of drug-likeness (QED) is 0.453. The maximum absolute atomic E-state index is 13.1. The molecule has 11 heteroatoms. The zero-order valence-electron chi connectivity index (χ0n) is 20.5. The van der Waals surface area contributed by atoms with E-state index in [-0.39, 0.29) is 59.0 Å². The molecular weight excluding hydrogens is 503 g/mol. The Labute approximate surface area is 217 Å². The number of nitrogens with two attached hydrogens (primary N) is 1. The van der Waals surface area contributed by atoms with Crippen molar-refractivity contribution in [2.45, 2.75) is 63.1 Å². The first-order valence-electron chi connectivity index (χ1n) is 12.6. The lowest BCUT2D eigenvalue weighted by atomic mass is 9.98. The highest BCUT2D eigenvalue weighted by Gasteiger charge is 2.42. The molecule has 3 heterocycles. The second-order valence-corrected chi connectivity index (χ2v) is 9.96. The van der Waals surface area contributed by atoms with E-state index in [1.54, 1.807) is 12.1 Å². The van der Waals surface area contributed by atoms with Gasteiger partial charge in [-0.05, 0) is 62.8 Å². The third-order valence-corrected chi connectivity index (χ3v) is 7.34. The Hall–Kier alpha value is -3.60. The molecule has 2 bridgehead atoms. The number of rotatable bonds is 9. The zero-order chi connectivity index (χ0) is 27.0. The number of nitrogens with zero attached hydrogens (tertiary/aromatic N) is 2. The number of hydrogen-bond acceptors (Lipinski definition) is 7. The lowest BCUT2D eigenvalue weighted by Crippen LogP contribution is -2.46. The summed E-state index contributed by atoms with van der Waals surface area (Å²) in [6.07, 6.45) is -0.581. The molecule has 3 fully saturated rings. The minimum Gasteiger partial charge on any atom is -0.477 e. The average Bonchev–Trinajstić information content (AvgIpc) is 3.68. The second kappa shape index (κ2) is 10.3. The van der Waals surface area contributed by atoms with Gasteiger partial charge in [0.05, 0.1) is 18.4 Å². The number of hydrogen-bond donors (Lipinski definition) is 2. The number of Topliss-reactive ketones (excluding diaryl/α,β-unsaturated/α-hetero) is 1. The number of aromatic carboxylic acids is 1. The van der Waals surface area contributed by atoms with Crippen LogP contribution in [0.15, 0.2) is 48.0 Å². The number of halogens is 3. The van der Waals surface area contributed by atoms with Gasteiger partial charge in [0.15, 0.2) is 11.5 Å². The Morgan fingerprint density at radius 3 is 2.34 bits per heavy atom. The SMILES string of the molecule is NC(=C(COC1CC2CC[C@@H](C1)N2c1cccc(C(=O)O)n1)C(=O)C1CC1)c1ccccc1OC(F)(F)F. The molecule has 2 aliphatic heterocycles. The predicted octanol–water partition coefficient (Wildman–Crippen LogP) is 4.54. The summed E-state index contributed by atoms with van der Waals surface area (Å²) < 4.78 is 49.2. The molecule has 0 amide bonds. The summed E-state index contributed by atoms with van der Waals surface area (Å²) in [5.41, 5.74) is 6.38. The summed E-state index contributed by atoms with van der Waals surface area (Å²) >= 11 is 0. The molecule has 2 unspecified atom stereocenters. The number of alkyl halides is 3. The van der Waals surface area contributed by atoms with Crippen molar-refractivity contribution in [1.82, 2.24) is 4.98 Å². The number of fused-ring (bicyclic) bond motifs is 2. The number of anilines is 1. The molecule has 8 nitrogen and oxygen atoms in total. The molecule has 5 rings (SSSR count). The van der Waals surface area contributed by atoms with Gasteiger partial charge >= 0.3 is 12.3 Å². The summed E-state index contributed by atoms with van der Waals surface area (Å²) in [5, 5.41) is 9.30. The number of para-hydroxylation sites is 1. The lowest BCUT2D eigenvalue weighted by Gasteiger charge is -2.39. The summed E-state index contributed by atoms with van der Waals surface area (Å²) in [4.78, 5) is 30.9. The molecule has 1 aromatic carbocycles. The largest absolute Gasteiger partial charge is 0.573 e. The highest BCUT2D eigenvalue weighted by Crippen LogP contribution is 2.41. The highest BCUT2D eigenvalue weighted by atomic mass is 19.4. The maximum Gasteiger partial charge on any atom is 0.573 e. The van der Waals surface area contributed by atoms with Crippen molar-refractivity contribution in [1.29, 1.82) is 0 Å². The normalized spacial score (nSPS) is 23.7. The number of pyridine rings is 1. The minimum atomic E-state index is -4.90. The van der Waals surface area contributed by atoms with Crippen LogP contribution < -0.4 is 15.4 Å². The molecule has 1 saturated carbocycles. The first kappa shape index (κ1) is 26.0. The molecule has 3 N–H and O–H groups in total. The molecule has 3 atom stereocenters. The molecule has 202 valence electrons. The van der Waals surface area contributed by atoms with Gasteiger partial charge in [-0.15, -0.1) is 13.2 Å². The number of aromatic nitrogens is 1. The van der Waals surface area contributed by atoms with Crippen LogP contribution in [0.1, 0.15) is 54.6 Å². The number of benzene rings is 1. The van der Waals surface area contributed by atoms with Gasteiger partial charge in [-0.2, -0.15) is 0 Å². The lowest BCUT2D eigenvalue weighted by molar-refractivity contribution is -0.274. The summed E-state index contributed by atoms with van der Waals surface area (Å²) in [6.45, 7) is -0.113. The summed E-state index contributed by atoms with van der Waals surface area (Å²) in [6, 6.07) is 10.6. The zero-order valence-corrected chi connectivity index (χ0v) is 20.5. The second-order valence-electron chi connectivity index (χ2n) is 9.96. The Morgan fingerprint density at radius 2 is 1.71 bits per heavy atom. The van der Waals surface area contributed by atoms with E-state index >= 15 is 0 Å². The van der Waals surface area contributed by atoms with Crippen molar-refractivity contribution in [2.75, 3.05) is 11.5 Å². The van der Waals surface area contributed by atoms with E-state index in [2.05, 4.69) is 14.6 Å². The topological polar surface area (TPSA) is 115 Å². The van der Waals surface area contributed by atoms with Crippen LogP contribution in [0.4, 0.5) is 19.0 Å². The molecule has 3 aliphatic rings. The molecule has 2 saturated heterocycles. The number of piperidine rings is 1. The van der Waals surface area contributed by atoms with E-state index in [1.807, 2.05) is 0 Å². The van der Waals surface area contributed by atoms with E-state index in [4.69, 9.17) is 10.5 Å². The van der Waals surface area contributed by atoms with Gasteiger partial charge in [0.25, 0.3) is 0 Å². The van der Waals surface area contributed by atoms with Crippen molar-refractivity contribution >= 4 is 23.3 Å². The first-order valence-corrected chi connectivity index (χ1v) is 12.6. The number of ketones is 1. The van der Waals surface area contributed by atoms with Gasteiger partial charge in [-0.3, -0.25) is 4.79 Å². The Bertz CT molecular complexity index is 1250. The standard InChI is InChI=1S/C27H28F3N3O5/c28-27(29,30)38-22-6-2-1-4-19(22)24(31)20(25(34)15-8-9-15)14-37-18-12-16-10-11-17(13-18)33(16)23-7-3-5-21(32-23)26(35)36/h1-7,15-18H,8-14,31H2,(H,35,36)/t16-,17?,18?/m0/s1. The van der Waals surface area contributed by atoms with Crippen molar-refractivity contribution < 1.29 is 37.3 Å². The van der Waals surface area contributed by atoms with E-state index in [0.29, 0.717) is 31.5 Å². The van der Waals surface area contributed by atoms with Crippen LogP contribution in [0.2, 0.25) is 0 Å². The predicted molar refractivity (Wildman–Crippen MR) is 131 cm³/mol. The summed E-state index contributed by atoms with van der Waals surface area (Å²) in [5.74, 6) is -1.35. The van der Waals surface area contributed by atoms with Gasteiger partial charge in [0, 0.05) is 29.1 Å². The smallest absolute Gasteiger partial charge is 0.477 e. The molecule has 0 spiro atoms. The van der Waals surface area contributed by atoms with Gasteiger partial charge in [0.1, 0.15) is 11.6 Å². The van der Waals surface area contributed by atoms with Crippen LogP contribution in [-0.2, 0) is 9.53 Å². The van der Waals surface area contributed by atoms with Crippen LogP contribution >= 0.6 is 0 Å². The fourth-order valence-electron chi connectivity index (χ4n) is 5.46. The molecule has 0 radical (unpaired) electrons. The van der Waals surface area contributed by atoms with Crippen molar-refractivity contribution in [3.05, 3.63) is 59.3 Å².